The second-order valence-corrected chi connectivity index (χ2v) is 11.7. The van der Waals surface area contributed by atoms with Gasteiger partial charge in [-0.15, -0.1) is 5.10 Å². The van der Waals surface area contributed by atoms with Crippen molar-refractivity contribution in [2.24, 2.45) is 7.05 Å². The van der Waals surface area contributed by atoms with Crippen molar-refractivity contribution in [3.8, 4) is 0 Å². The quantitative estimate of drug-likeness (QED) is 0.509. The van der Waals surface area contributed by atoms with E-state index in [4.69, 9.17) is 0 Å². The maximum atomic E-state index is 14.4. The van der Waals surface area contributed by atoms with E-state index in [1.807, 2.05) is 0 Å². The van der Waals surface area contributed by atoms with Crippen LogP contribution in [0.25, 0.3) is 0 Å². The number of nitrogens with zero attached hydrogens (tertiary/aromatic N) is 5. The van der Waals surface area contributed by atoms with Crippen LogP contribution in [0.1, 0.15) is 40.7 Å². The van der Waals surface area contributed by atoms with E-state index < -0.39 is 75.8 Å². The minimum atomic E-state index is -5.29. The third kappa shape index (κ3) is 6.07. The van der Waals surface area contributed by atoms with Crippen molar-refractivity contribution >= 4 is 15.9 Å². The Labute approximate surface area is 223 Å². The van der Waals surface area contributed by atoms with Gasteiger partial charge < -0.3 is 5.32 Å². The lowest BCUT2D eigenvalue weighted by Gasteiger charge is -2.45. The lowest BCUT2D eigenvalue weighted by molar-refractivity contribution is -0.143. The number of rotatable bonds is 6. The molecule has 1 saturated heterocycles. The van der Waals surface area contributed by atoms with Crippen LogP contribution in [0.15, 0.2) is 29.4 Å². The fourth-order valence-electron chi connectivity index (χ4n) is 5.08. The van der Waals surface area contributed by atoms with E-state index in [9.17, 15) is 48.3 Å². The number of hydrogen-bond donors (Lipinski definition) is 1. The summed E-state index contributed by atoms with van der Waals surface area (Å²) in [6.45, 7) is -0.815. The first-order valence-electron chi connectivity index (χ1n) is 11.9. The average Bonchev–Trinajstić information content (AvgIpc) is 3.44. The highest BCUT2D eigenvalue weighted by atomic mass is 32.2. The molecule has 2 heterocycles. The minimum Gasteiger partial charge on any atom is -0.350 e. The largest absolute Gasteiger partial charge is 0.417 e. The molecule has 1 aliphatic carbocycles. The van der Waals surface area contributed by atoms with Crippen molar-refractivity contribution < 1.29 is 48.3 Å². The third-order valence-electron chi connectivity index (χ3n) is 7.11. The molecular weight excluding hydrogens is 580 g/mol. The van der Waals surface area contributed by atoms with Gasteiger partial charge in [-0.25, -0.2) is 17.2 Å². The predicted molar refractivity (Wildman–Crippen MR) is 122 cm³/mol. The third-order valence-corrected chi connectivity index (χ3v) is 8.87. The van der Waals surface area contributed by atoms with Gasteiger partial charge in [0.1, 0.15) is 0 Å². The van der Waals surface area contributed by atoms with E-state index in [0.717, 1.165) is 4.31 Å². The molecule has 222 valence electrons. The van der Waals surface area contributed by atoms with Crippen LogP contribution in [0.4, 0.5) is 35.1 Å². The molecule has 1 aliphatic heterocycles. The maximum Gasteiger partial charge on any atom is 0.417 e. The van der Waals surface area contributed by atoms with E-state index in [1.54, 1.807) is 4.90 Å². The monoisotopic (exact) mass is 604 g/mol. The number of amides is 1. The standard InChI is InChI=1S/C22H24F8N6O3S/c1-34-11-17(32-33-34)40(38,39)36-8-6-35(7-9-36)19(4-5-20(23,24)12-19)13-31-18(37)15-3-2-14(21(25,26)27)10-16(15)22(28,29)30/h2-3,10-11H,4-9,12-13H2,1H3,(H,31,37). The molecule has 0 spiro atoms. The summed E-state index contributed by atoms with van der Waals surface area (Å²) in [6, 6.07) is 0.554. The zero-order chi connectivity index (χ0) is 29.7. The lowest BCUT2D eigenvalue weighted by Crippen LogP contribution is -2.61. The highest BCUT2D eigenvalue weighted by Gasteiger charge is 2.53. The number of carbonyl (C=O) groups is 1. The van der Waals surface area contributed by atoms with Gasteiger partial charge >= 0.3 is 12.4 Å². The van der Waals surface area contributed by atoms with E-state index in [-0.39, 0.29) is 43.7 Å². The van der Waals surface area contributed by atoms with Crippen molar-refractivity contribution in [2.45, 2.75) is 48.1 Å². The van der Waals surface area contributed by atoms with Gasteiger partial charge in [0.25, 0.3) is 15.9 Å². The number of nitrogens with one attached hydrogen (secondary N) is 1. The van der Waals surface area contributed by atoms with Crippen LogP contribution in [-0.4, -0.2) is 82.7 Å². The van der Waals surface area contributed by atoms with Crippen molar-refractivity contribution in [1.29, 1.82) is 0 Å². The van der Waals surface area contributed by atoms with Gasteiger partial charge in [-0.3, -0.25) is 14.4 Å². The molecule has 0 radical (unpaired) electrons. The van der Waals surface area contributed by atoms with Gasteiger partial charge in [0.15, 0.2) is 0 Å². The highest BCUT2D eigenvalue weighted by molar-refractivity contribution is 7.89. The number of sulfonamides is 1. The summed E-state index contributed by atoms with van der Waals surface area (Å²) >= 11 is 0. The van der Waals surface area contributed by atoms with Crippen LogP contribution < -0.4 is 5.32 Å². The van der Waals surface area contributed by atoms with Crippen LogP contribution in [-0.2, 0) is 29.4 Å². The van der Waals surface area contributed by atoms with Gasteiger partial charge in [-0.1, -0.05) is 5.21 Å². The molecule has 0 bridgehead atoms. The van der Waals surface area contributed by atoms with Gasteiger partial charge in [0, 0.05) is 58.2 Å². The molecule has 18 heteroatoms. The molecular formula is C22H24F8N6O3S. The van der Waals surface area contributed by atoms with Crippen LogP contribution >= 0.6 is 0 Å². The SMILES string of the molecule is Cn1cc(S(=O)(=O)N2CCN(C3(CNC(=O)c4ccc(C(F)(F)F)cc4C(F)(F)F)CCC(F)(F)C3)CC2)nn1. The summed E-state index contributed by atoms with van der Waals surface area (Å²) in [5.74, 6) is -4.53. The Kier molecular flexibility index (Phi) is 7.68. The smallest absolute Gasteiger partial charge is 0.350 e. The Hall–Kier alpha value is -2.86. The van der Waals surface area contributed by atoms with Gasteiger partial charge in [-0.05, 0) is 24.6 Å². The fraction of sp³-hybridized carbons (Fsp3) is 0.591. The molecule has 40 heavy (non-hydrogen) atoms. The number of piperazine rings is 1. The first-order chi connectivity index (χ1) is 18.3. The number of carbonyl (C=O) groups excluding carboxylic acids is 1. The lowest BCUT2D eigenvalue weighted by atomic mass is 9.93. The van der Waals surface area contributed by atoms with Gasteiger partial charge in [0.05, 0.1) is 22.9 Å². The molecule has 1 amide bonds. The molecule has 4 rings (SSSR count). The van der Waals surface area contributed by atoms with Crippen molar-refractivity contribution in [2.75, 3.05) is 32.7 Å². The second-order valence-electron chi connectivity index (χ2n) is 9.82. The molecule has 2 fully saturated rings. The normalized spacial score (nSPS) is 22.9. The highest BCUT2D eigenvalue weighted by Crippen LogP contribution is 2.45. The number of aryl methyl sites for hydroxylation is 1. The summed E-state index contributed by atoms with van der Waals surface area (Å²) in [7, 11) is -2.54. The van der Waals surface area contributed by atoms with Crippen LogP contribution in [0, 0.1) is 0 Å². The topological polar surface area (TPSA) is 100 Å². The molecule has 1 atom stereocenters. The van der Waals surface area contributed by atoms with Crippen molar-refractivity contribution in [3.63, 3.8) is 0 Å². The van der Waals surface area contributed by atoms with Crippen molar-refractivity contribution in [3.05, 3.63) is 41.1 Å². The molecule has 2 aliphatic rings. The van der Waals surface area contributed by atoms with E-state index in [2.05, 4.69) is 15.6 Å². The number of halogens is 8. The average molecular weight is 605 g/mol. The fourth-order valence-corrected chi connectivity index (χ4v) is 6.41. The molecule has 1 saturated carbocycles. The van der Waals surface area contributed by atoms with E-state index in [1.165, 1.54) is 17.9 Å². The Bertz CT molecular complexity index is 1370. The first-order valence-corrected chi connectivity index (χ1v) is 13.3. The van der Waals surface area contributed by atoms with E-state index in [0.29, 0.717) is 12.1 Å². The Morgan fingerprint density at radius 3 is 2.17 bits per heavy atom. The van der Waals surface area contributed by atoms with Gasteiger partial charge in [-0.2, -0.15) is 30.6 Å². The summed E-state index contributed by atoms with van der Waals surface area (Å²) in [5.41, 5.74) is -5.92. The number of benzene rings is 1. The Balaban J connectivity index is 1.53. The summed E-state index contributed by atoms with van der Waals surface area (Å²) in [4.78, 5) is 14.3. The predicted octanol–water partition coefficient (Wildman–Crippen LogP) is 3.15. The zero-order valence-electron chi connectivity index (χ0n) is 20.9. The second kappa shape index (κ2) is 10.2. The minimum absolute atomic E-state index is 0.0283. The Morgan fingerprint density at radius 1 is 1.02 bits per heavy atom. The first kappa shape index (κ1) is 30.1. The maximum absolute atomic E-state index is 14.4. The van der Waals surface area contributed by atoms with Gasteiger partial charge in [0.2, 0.25) is 10.9 Å². The van der Waals surface area contributed by atoms with Crippen molar-refractivity contribution in [1.82, 2.24) is 29.5 Å². The van der Waals surface area contributed by atoms with E-state index >= 15 is 0 Å². The molecule has 1 unspecified atom stereocenters. The molecule has 2 aromatic rings. The Morgan fingerprint density at radius 2 is 1.68 bits per heavy atom. The summed E-state index contributed by atoms with van der Waals surface area (Å²) < 4.78 is 136. The molecule has 1 N–H and O–H groups in total. The molecule has 1 aromatic carbocycles. The number of hydrogen-bond acceptors (Lipinski definition) is 6. The van der Waals surface area contributed by atoms with Crippen LogP contribution in [0.3, 0.4) is 0 Å². The van der Waals surface area contributed by atoms with Crippen LogP contribution in [0.5, 0.6) is 0 Å². The van der Waals surface area contributed by atoms with Crippen LogP contribution in [0.2, 0.25) is 0 Å². The summed E-state index contributed by atoms with van der Waals surface area (Å²) in [6.07, 6.45) is -10.7. The number of alkyl halides is 8. The summed E-state index contributed by atoms with van der Waals surface area (Å²) in [5, 5.41) is 9.09. The number of aromatic nitrogens is 3. The molecule has 1 aromatic heterocycles. The molecule has 9 nitrogen and oxygen atoms in total. The zero-order valence-corrected chi connectivity index (χ0v) is 21.7.